The minimum absolute atomic E-state index is 0.0158. The second-order valence-corrected chi connectivity index (χ2v) is 20.2. The van der Waals surface area contributed by atoms with Gasteiger partial charge in [-0.3, -0.25) is 19.2 Å². The van der Waals surface area contributed by atoms with Crippen LogP contribution >= 0.6 is 0 Å². The van der Waals surface area contributed by atoms with Crippen LogP contribution in [0.3, 0.4) is 0 Å². The van der Waals surface area contributed by atoms with Crippen LogP contribution in [0.1, 0.15) is 126 Å². The Morgan fingerprint density at radius 2 is 1.59 bits per heavy atom. The molecule has 15 heteroatoms. The van der Waals surface area contributed by atoms with Crippen molar-refractivity contribution in [3.63, 3.8) is 0 Å². The Hall–Kier alpha value is -3.41. The molecule has 2 bridgehead atoms. The molecule has 3 aliphatic heterocycles. The number of nitrogens with zero attached hydrogens (tertiary/aromatic N) is 1. The maximum Gasteiger partial charge on any atom is 0.329 e. The zero-order valence-electron chi connectivity index (χ0n) is 42.4. The van der Waals surface area contributed by atoms with Crippen LogP contribution in [0.15, 0.2) is 47.6 Å². The molecular weight excluding hydrogens is 875 g/mol. The number of carbonyl (C=O) groups is 5. The molecule has 15 nitrogen and oxygen atoms in total. The van der Waals surface area contributed by atoms with Crippen molar-refractivity contribution < 1.29 is 67.7 Å². The number of allylic oxidation sites excluding steroid dienone is 6. The number of cyclic esters (lactones) is 1. The molecule has 15 atom stereocenters. The zero-order valence-corrected chi connectivity index (χ0v) is 42.4. The Labute approximate surface area is 405 Å². The maximum absolute atomic E-state index is 14.5. The van der Waals surface area contributed by atoms with Gasteiger partial charge in [-0.1, -0.05) is 71.1 Å². The van der Waals surface area contributed by atoms with Crippen molar-refractivity contribution in [3.8, 4) is 0 Å². The lowest BCUT2D eigenvalue weighted by molar-refractivity contribution is -0.265. The molecule has 0 aromatic heterocycles. The Morgan fingerprint density at radius 3 is 2.26 bits per heavy atom. The first-order valence-electron chi connectivity index (χ1n) is 25.0. The minimum Gasteiger partial charge on any atom is -0.460 e. The molecule has 3 heterocycles. The van der Waals surface area contributed by atoms with Gasteiger partial charge in [0.15, 0.2) is 5.78 Å². The molecule has 4 aliphatic rings. The van der Waals surface area contributed by atoms with Crippen molar-refractivity contribution in [3.05, 3.63) is 47.6 Å². The number of aliphatic hydroxyl groups is 3. The van der Waals surface area contributed by atoms with Crippen LogP contribution in [0.5, 0.6) is 0 Å². The van der Waals surface area contributed by atoms with Crippen LogP contribution in [0.4, 0.5) is 0 Å². The van der Waals surface area contributed by atoms with Gasteiger partial charge in [0.1, 0.15) is 30.1 Å². The molecule has 3 fully saturated rings. The fourth-order valence-corrected chi connectivity index (χ4v) is 10.5. The molecule has 0 radical (unpaired) electrons. The van der Waals surface area contributed by atoms with Gasteiger partial charge in [-0.25, -0.2) is 4.79 Å². The van der Waals surface area contributed by atoms with Crippen LogP contribution in [0, 0.1) is 35.5 Å². The van der Waals surface area contributed by atoms with E-state index in [9.17, 15) is 39.3 Å². The number of piperidine rings is 1. The number of Topliss-reactive ketones (excluding diaryl/α,β-unsaturated/α-hetero) is 3. The smallest absolute Gasteiger partial charge is 0.329 e. The Bertz CT molecular complexity index is 1810. The van der Waals surface area contributed by atoms with E-state index < -0.39 is 77.8 Å². The zero-order chi connectivity index (χ0) is 50.3. The average molecular weight is 958 g/mol. The van der Waals surface area contributed by atoms with Gasteiger partial charge >= 0.3 is 5.97 Å². The Morgan fingerprint density at radius 1 is 0.853 bits per heavy atom. The number of aliphatic hydroxyl groups excluding tert-OH is 2. The summed E-state index contributed by atoms with van der Waals surface area (Å²) >= 11 is 0. The fraction of sp³-hybridized carbons (Fsp3) is 0.755. The van der Waals surface area contributed by atoms with Crippen molar-refractivity contribution in [2.75, 3.05) is 41.1 Å². The Balaban J connectivity index is 1.70. The first-order valence-corrected chi connectivity index (χ1v) is 25.0. The number of hydrogen-bond donors (Lipinski definition) is 3. The lowest BCUT2D eigenvalue weighted by atomic mass is 9.78. The summed E-state index contributed by atoms with van der Waals surface area (Å²) in [6.07, 6.45) is 12.0. The number of amides is 1. The molecule has 1 unspecified atom stereocenters. The minimum atomic E-state index is -2.43. The van der Waals surface area contributed by atoms with Crippen LogP contribution in [0.2, 0.25) is 0 Å². The molecule has 1 saturated carbocycles. The number of carbonyl (C=O) groups excluding carboxylic acids is 5. The summed E-state index contributed by atoms with van der Waals surface area (Å²) in [5.41, 5.74) is 1.26. The quantitative estimate of drug-likeness (QED) is 0.134. The topological polar surface area (TPSA) is 205 Å². The number of esters is 1. The highest BCUT2D eigenvalue weighted by Gasteiger charge is 2.53. The molecular formula is C53H83NO14. The molecule has 0 spiro atoms. The van der Waals surface area contributed by atoms with Gasteiger partial charge in [-0.2, -0.15) is 0 Å². The normalized spacial score (nSPS) is 37.9. The third-order valence-corrected chi connectivity index (χ3v) is 14.9. The van der Waals surface area contributed by atoms with E-state index >= 15 is 0 Å². The van der Waals surface area contributed by atoms with Crippen molar-refractivity contribution >= 4 is 29.2 Å². The van der Waals surface area contributed by atoms with E-state index in [0.717, 1.165) is 12.0 Å². The number of methoxy groups -OCH3 is 3. The predicted molar refractivity (Wildman–Crippen MR) is 256 cm³/mol. The van der Waals surface area contributed by atoms with Gasteiger partial charge in [0.2, 0.25) is 5.79 Å². The number of ether oxygens (including phenoxy) is 6. The lowest BCUT2D eigenvalue weighted by Crippen LogP contribution is -2.61. The molecule has 68 heavy (non-hydrogen) atoms. The molecule has 3 N–H and O–H groups in total. The van der Waals surface area contributed by atoms with Gasteiger partial charge in [0, 0.05) is 58.5 Å². The van der Waals surface area contributed by atoms with Crippen molar-refractivity contribution in [2.24, 2.45) is 35.5 Å². The van der Waals surface area contributed by atoms with E-state index in [-0.39, 0.29) is 74.1 Å². The summed E-state index contributed by atoms with van der Waals surface area (Å²) in [6, 6.07) is -1.14. The average Bonchev–Trinajstić information content (AvgIpc) is 3.32. The van der Waals surface area contributed by atoms with Crippen LogP contribution < -0.4 is 0 Å². The molecule has 0 aromatic rings. The second kappa shape index (κ2) is 27.3. The summed E-state index contributed by atoms with van der Waals surface area (Å²) in [6.45, 7) is 12.9. The third-order valence-electron chi connectivity index (χ3n) is 14.9. The van der Waals surface area contributed by atoms with E-state index in [1.807, 2.05) is 58.1 Å². The summed E-state index contributed by atoms with van der Waals surface area (Å²) < 4.78 is 35.6. The summed E-state index contributed by atoms with van der Waals surface area (Å²) in [5.74, 6) is -7.96. The highest BCUT2D eigenvalue weighted by atomic mass is 16.6. The van der Waals surface area contributed by atoms with Gasteiger partial charge in [-0.05, 0) is 107 Å². The highest BCUT2D eigenvalue weighted by Crippen LogP contribution is 2.38. The number of fused-ring (bicyclic) bond motifs is 3. The molecule has 1 aliphatic carbocycles. The molecule has 1 amide bonds. The third kappa shape index (κ3) is 15.3. The van der Waals surface area contributed by atoms with Crippen LogP contribution in [-0.4, -0.2) is 145 Å². The van der Waals surface area contributed by atoms with Crippen molar-refractivity contribution in [1.82, 2.24) is 4.90 Å². The molecule has 0 aromatic carbocycles. The van der Waals surface area contributed by atoms with Gasteiger partial charge in [0.25, 0.3) is 11.7 Å². The summed E-state index contributed by atoms with van der Waals surface area (Å²) in [7, 11) is 4.58. The predicted octanol–water partition coefficient (Wildman–Crippen LogP) is 6.20. The van der Waals surface area contributed by atoms with E-state index in [1.165, 1.54) is 12.0 Å². The monoisotopic (exact) mass is 958 g/mol. The van der Waals surface area contributed by atoms with E-state index in [1.54, 1.807) is 41.1 Å². The molecule has 384 valence electrons. The van der Waals surface area contributed by atoms with E-state index in [0.29, 0.717) is 63.4 Å². The summed E-state index contributed by atoms with van der Waals surface area (Å²) in [4.78, 5) is 72.1. The standard InChI is InChI=1S/C53H83NO14/c1-32-16-12-11-13-17-33(2)44(63-8)30-40-21-19-38(7)53(62,68-40)50(59)51(60)54-23-15-14-18-41(54)52(61)67-45(35(4)28-39-20-22-43(66-25-24-55)46(29-39)64-9)31-42(56)34(3)27-37(6)48(58)49(65-10)47(57)36(5)26-32/h11-13,16-17,27,32,34-36,38-41,43-46,48-49,55,58,62H,14-15,18-26,28-31H2,1-10H3/b13-11?,16-12+,33-17?,37-27+/t32-,34-,35+,36?,38-,39+,40+,41+,43-,44+,45+,46-,48-,49+,53-/m1/s1. The first kappa shape index (κ1) is 57.2. The van der Waals surface area contributed by atoms with E-state index in [4.69, 9.17) is 28.4 Å². The van der Waals surface area contributed by atoms with Gasteiger partial charge in [0.05, 0.1) is 37.6 Å². The number of hydrogen-bond acceptors (Lipinski definition) is 14. The number of ketones is 3. The van der Waals surface area contributed by atoms with Gasteiger partial charge in [-0.15, -0.1) is 0 Å². The van der Waals surface area contributed by atoms with Crippen molar-refractivity contribution in [2.45, 2.75) is 180 Å². The summed E-state index contributed by atoms with van der Waals surface area (Å²) in [5, 5.41) is 32.8. The second-order valence-electron chi connectivity index (χ2n) is 20.2. The SMILES string of the molecule is CO[C@H]1C[C@@H]2CC[C@@H](C)[C@@](O)(O2)C(=O)C(=O)N2CCCC[C@H]2C(=O)O[C@H]([C@@H](C)C[C@@H]2CC[C@@H](OCCO)[C@H](OC)C2)CC(=O)[C@H](C)/C=C(\C)[C@@H](O)[C@@H](OC)C(=O)C(C)C[C@H](C)/C=C/C=CC=C1C. The lowest BCUT2D eigenvalue weighted by Gasteiger charge is -2.42. The largest absolute Gasteiger partial charge is 0.460 e. The highest BCUT2D eigenvalue weighted by molar-refractivity contribution is 6.39. The molecule has 2 saturated heterocycles. The maximum atomic E-state index is 14.5. The van der Waals surface area contributed by atoms with Gasteiger partial charge < -0.3 is 48.6 Å². The van der Waals surface area contributed by atoms with E-state index in [2.05, 4.69) is 0 Å². The van der Waals surface area contributed by atoms with Crippen LogP contribution in [-0.2, 0) is 52.4 Å². The first-order chi connectivity index (χ1) is 32.3. The van der Waals surface area contributed by atoms with Crippen LogP contribution in [0.25, 0.3) is 0 Å². The molecule has 4 rings (SSSR count). The fourth-order valence-electron chi connectivity index (χ4n) is 10.5. The Kier molecular flexibility index (Phi) is 22.9. The van der Waals surface area contributed by atoms with Crippen molar-refractivity contribution in [1.29, 1.82) is 0 Å². The number of rotatable bonds is 9.